The summed E-state index contributed by atoms with van der Waals surface area (Å²) in [5, 5.41) is 0.878. The minimum absolute atomic E-state index is 0.0630. The number of rotatable bonds is 6. The van der Waals surface area contributed by atoms with Crippen LogP contribution in [0.25, 0.3) is 10.8 Å². The molecule has 2 heterocycles. The molecule has 37 heavy (non-hydrogen) atoms. The largest absolute Gasteiger partial charge is 0.487 e. The molecule has 3 aromatic carbocycles. The average Bonchev–Trinajstić information content (AvgIpc) is 3.39. The smallest absolute Gasteiger partial charge is 0.326 e. The lowest BCUT2D eigenvalue weighted by Crippen LogP contribution is -2.30. The highest BCUT2D eigenvalue weighted by molar-refractivity contribution is 7.92. The minimum Gasteiger partial charge on any atom is -0.487 e. The molecule has 2 aliphatic rings. The van der Waals surface area contributed by atoms with Crippen molar-refractivity contribution in [2.45, 2.75) is 40.2 Å². The summed E-state index contributed by atoms with van der Waals surface area (Å²) < 4.78 is 50.2. The SMILES string of the molecule is CC(C)(C)CC1CCN(c2ccc3cc(OCc4ccccc4)c(N4CC(=O)NS4(=O)=O)c(F)c3c2)C1. The van der Waals surface area contributed by atoms with Crippen LogP contribution in [-0.4, -0.2) is 34.0 Å². The monoisotopic (exact) mass is 525 g/mol. The number of ether oxygens (including phenoxy) is 1. The van der Waals surface area contributed by atoms with E-state index in [0.717, 1.165) is 41.5 Å². The number of fused-ring (bicyclic) bond motifs is 1. The zero-order valence-electron chi connectivity index (χ0n) is 21.3. The molecule has 196 valence electrons. The second kappa shape index (κ2) is 9.52. The Labute approximate surface area is 217 Å². The third kappa shape index (κ3) is 5.37. The van der Waals surface area contributed by atoms with Gasteiger partial charge in [-0.2, -0.15) is 8.42 Å². The van der Waals surface area contributed by atoms with E-state index in [1.807, 2.05) is 47.2 Å². The molecule has 0 aromatic heterocycles. The molecule has 5 rings (SSSR count). The van der Waals surface area contributed by atoms with Gasteiger partial charge in [0.25, 0.3) is 5.91 Å². The van der Waals surface area contributed by atoms with Crippen molar-refractivity contribution in [3.8, 4) is 5.75 Å². The Balaban J connectivity index is 1.53. The van der Waals surface area contributed by atoms with Gasteiger partial charge in [-0.15, -0.1) is 0 Å². The molecule has 0 bridgehead atoms. The Bertz CT molecular complexity index is 1440. The summed E-state index contributed by atoms with van der Waals surface area (Å²) in [4.78, 5) is 14.2. The van der Waals surface area contributed by atoms with E-state index in [4.69, 9.17) is 4.74 Å². The van der Waals surface area contributed by atoms with Gasteiger partial charge >= 0.3 is 10.2 Å². The Hall–Kier alpha value is -3.33. The molecule has 0 radical (unpaired) electrons. The highest BCUT2D eigenvalue weighted by Gasteiger charge is 2.38. The Kier molecular flexibility index (Phi) is 6.52. The molecule has 7 nitrogen and oxygen atoms in total. The summed E-state index contributed by atoms with van der Waals surface area (Å²) in [5.41, 5.74) is 1.73. The summed E-state index contributed by atoms with van der Waals surface area (Å²) in [5.74, 6) is -0.818. The van der Waals surface area contributed by atoms with Gasteiger partial charge in [-0.05, 0) is 53.3 Å². The van der Waals surface area contributed by atoms with Crippen LogP contribution in [0.5, 0.6) is 5.75 Å². The van der Waals surface area contributed by atoms with E-state index in [1.54, 1.807) is 12.1 Å². The number of nitrogens with zero attached hydrogens (tertiary/aromatic N) is 2. The van der Waals surface area contributed by atoms with Crippen LogP contribution >= 0.6 is 0 Å². The molecule has 1 amide bonds. The van der Waals surface area contributed by atoms with Gasteiger partial charge in [0.1, 0.15) is 24.6 Å². The molecule has 3 aromatic rings. The number of hydrogen-bond acceptors (Lipinski definition) is 5. The minimum atomic E-state index is -4.23. The highest BCUT2D eigenvalue weighted by Crippen LogP contribution is 2.41. The van der Waals surface area contributed by atoms with Crippen LogP contribution in [-0.2, 0) is 21.6 Å². The zero-order chi connectivity index (χ0) is 26.4. The van der Waals surface area contributed by atoms with Gasteiger partial charge in [0.15, 0.2) is 5.82 Å². The molecule has 1 unspecified atom stereocenters. The normalized spacial score (nSPS) is 19.5. The van der Waals surface area contributed by atoms with E-state index in [2.05, 4.69) is 25.7 Å². The van der Waals surface area contributed by atoms with Crippen molar-refractivity contribution in [1.82, 2.24) is 4.72 Å². The fourth-order valence-electron chi connectivity index (χ4n) is 5.33. The first-order valence-corrected chi connectivity index (χ1v) is 14.0. The molecule has 0 saturated carbocycles. The van der Waals surface area contributed by atoms with Crippen molar-refractivity contribution in [3.05, 3.63) is 66.0 Å². The van der Waals surface area contributed by atoms with Gasteiger partial charge in [-0.25, -0.2) is 13.4 Å². The van der Waals surface area contributed by atoms with Crippen molar-refractivity contribution >= 4 is 38.3 Å². The van der Waals surface area contributed by atoms with Gasteiger partial charge in [0, 0.05) is 24.2 Å². The maximum atomic E-state index is 16.2. The van der Waals surface area contributed by atoms with Crippen LogP contribution in [0.3, 0.4) is 0 Å². The maximum Gasteiger partial charge on any atom is 0.326 e. The third-order valence-electron chi connectivity index (χ3n) is 6.86. The van der Waals surface area contributed by atoms with E-state index < -0.39 is 28.5 Å². The number of halogens is 1. The molecular formula is C28H32FN3O4S. The summed E-state index contributed by atoms with van der Waals surface area (Å²) in [6, 6.07) is 16.6. The highest BCUT2D eigenvalue weighted by atomic mass is 32.2. The number of amides is 1. The number of nitrogens with one attached hydrogen (secondary N) is 1. The van der Waals surface area contributed by atoms with Gasteiger partial charge in [0.05, 0.1) is 0 Å². The number of benzene rings is 3. The van der Waals surface area contributed by atoms with Crippen LogP contribution in [0.1, 0.15) is 39.2 Å². The zero-order valence-corrected chi connectivity index (χ0v) is 22.1. The fourth-order valence-corrected chi connectivity index (χ4v) is 6.49. The first kappa shape index (κ1) is 25.3. The number of carbonyl (C=O) groups is 1. The first-order chi connectivity index (χ1) is 17.5. The van der Waals surface area contributed by atoms with E-state index in [0.29, 0.717) is 11.3 Å². The molecule has 9 heteroatoms. The summed E-state index contributed by atoms with van der Waals surface area (Å²) in [6.07, 6.45) is 2.20. The summed E-state index contributed by atoms with van der Waals surface area (Å²) in [7, 11) is -4.23. The van der Waals surface area contributed by atoms with Crippen molar-refractivity contribution in [1.29, 1.82) is 0 Å². The van der Waals surface area contributed by atoms with Crippen molar-refractivity contribution in [3.63, 3.8) is 0 Å². The average molecular weight is 526 g/mol. The van der Waals surface area contributed by atoms with Crippen molar-refractivity contribution < 1.29 is 22.3 Å². The summed E-state index contributed by atoms with van der Waals surface area (Å²) in [6.45, 7) is 8.12. The van der Waals surface area contributed by atoms with Crippen LogP contribution < -0.4 is 18.7 Å². The lowest BCUT2D eigenvalue weighted by molar-refractivity contribution is -0.117. The van der Waals surface area contributed by atoms with Crippen LogP contribution in [0.15, 0.2) is 54.6 Å². The topological polar surface area (TPSA) is 79.0 Å². The molecule has 2 saturated heterocycles. The first-order valence-electron chi connectivity index (χ1n) is 12.5. The summed E-state index contributed by atoms with van der Waals surface area (Å²) >= 11 is 0. The second-order valence-corrected chi connectivity index (χ2v) is 12.7. The van der Waals surface area contributed by atoms with E-state index >= 15 is 4.39 Å². The Morgan fingerprint density at radius 1 is 1.11 bits per heavy atom. The van der Waals surface area contributed by atoms with E-state index in [1.165, 1.54) is 0 Å². The molecule has 2 aliphatic heterocycles. The maximum absolute atomic E-state index is 16.2. The molecule has 1 N–H and O–H groups in total. The van der Waals surface area contributed by atoms with E-state index in [-0.39, 0.29) is 28.8 Å². The Morgan fingerprint density at radius 2 is 1.86 bits per heavy atom. The fraction of sp³-hybridized carbons (Fsp3) is 0.393. The van der Waals surface area contributed by atoms with E-state index in [9.17, 15) is 13.2 Å². The Morgan fingerprint density at radius 3 is 2.54 bits per heavy atom. The lowest BCUT2D eigenvalue weighted by atomic mass is 9.84. The standard InChI is InChI=1S/C28H32FN3O4S/c1-28(2,3)15-20-11-12-31(16-20)22-10-9-21-13-24(36-18-19-7-5-4-6-8-19)27(26(29)23(21)14-22)32-17-25(33)30-37(32,34)35/h4-10,13-14,20H,11-12,15-18H2,1-3H3,(H,30,33). The van der Waals surface area contributed by atoms with Crippen LogP contribution in [0, 0.1) is 17.2 Å². The van der Waals surface area contributed by atoms with Gasteiger partial charge < -0.3 is 9.64 Å². The molecule has 1 atom stereocenters. The quantitative estimate of drug-likeness (QED) is 0.490. The number of hydrogen-bond donors (Lipinski definition) is 1. The van der Waals surface area contributed by atoms with Crippen LogP contribution in [0.2, 0.25) is 0 Å². The number of carbonyl (C=O) groups excluding carboxylic acids is 1. The van der Waals surface area contributed by atoms with Gasteiger partial charge in [0.2, 0.25) is 0 Å². The lowest BCUT2D eigenvalue weighted by Gasteiger charge is -2.24. The van der Waals surface area contributed by atoms with Gasteiger partial charge in [-0.3, -0.25) is 4.79 Å². The van der Waals surface area contributed by atoms with Gasteiger partial charge in [-0.1, -0.05) is 57.2 Å². The molecule has 0 aliphatic carbocycles. The second-order valence-electron chi connectivity index (χ2n) is 11.1. The molecular weight excluding hydrogens is 493 g/mol. The molecule has 2 fully saturated rings. The van der Waals surface area contributed by atoms with Crippen LogP contribution in [0.4, 0.5) is 15.8 Å². The molecule has 0 spiro atoms. The third-order valence-corrected chi connectivity index (χ3v) is 8.24. The van der Waals surface area contributed by atoms with Crippen molar-refractivity contribution in [2.75, 3.05) is 28.8 Å². The predicted octanol–water partition coefficient (Wildman–Crippen LogP) is 5.00. The number of anilines is 2. The predicted molar refractivity (Wildman–Crippen MR) is 143 cm³/mol. The van der Waals surface area contributed by atoms with Crippen molar-refractivity contribution in [2.24, 2.45) is 11.3 Å².